The zero-order valence-corrected chi connectivity index (χ0v) is 21.7. The molecule has 0 unspecified atom stereocenters. The third-order valence-corrected chi connectivity index (χ3v) is 6.59. The van der Waals surface area contributed by atoms with Crippen molar-refractivity contribution in [2.45, 2.75) is 9.97 Å². The highest BCUT2D eigenvalue weighted by Gasteiger charge is 2.31. The Morgan fingerprint density at radius 2 is 1.57 bits per heavy atom. The molecule has 10 heteroatoms. The van der Waals surface area contributed by atoms with Gasteiger partial charge in [0.05, 0.1) is 25.1 Å². The number of halogens is 1. The second kappa shape index (κ2) is 11.0. The Balaban J connectivity index is 1.31. The van der Waals surface area contributed by atoms with Gasteiger partial charge in [-0.15, -0.1) is 0 Å². The van der Waals surface area contributed by atoms with Crippen molar-refractivity contribution in [3.05, 3.63) is 96.4 Å². The van der Waals surface area contributed by atoms with E-state index < -0.39 is 18.0 Å². The number of H-pyrrole nitrogens is 1. The van der Waals surface area contributed by atoms with Gasteiger partial charge in [-0.3, -0.25) is 4.52 Å². The first kappa shape index (κ1) is 25.6. The average molecular weight is 605 g/mol. The van der Waals surface area contributed by atoms with Gasteiger partial charge in [-0.1, -0.05) is 77.2 Å². The van der Waals surface area contributed by atoms with Crippen LogP contribution in [0.15, 0.2) is 85.1 Å². The molecule has 0 saturated carbocycles. The number of phosphoric acid groups is 1. The number of imidazole rings is 1. The van der Waals surface area contributed by atoms with Crippen LogP contribution < -0.4 is 10.5 Å². The Labute approximate surface area is 216 Å². The van der Waals surface area contributed by atoms with Crippen molar-refractivity contribution in [3.8, 4) is 28.1 Å². The van der Waals surface area contributed by atoms with Crippen LogP contribution in [0.25, 0.3) is 22.4 Å². The molecule has 3 aromatic carbocycles. The second-order valence-electron chi connectivity index (χ2n) is 7.96. The monoisotopic (exact) mass is 605 g/mol. The zero-order valence-electron chi connectivity index (χ0n) is 18.7. The molecule has 4 rings (SSSR count). The molecule has 0 radical (unpaired) electrons. The first-order valence-electron chi connectivity index (χ1n) is 10.8. The number of nitrogens with zero attached hydrogens (tertiary/aromatic N) is 1. The van der Waals surface area contributed by atoms with Crippen molar-refractivity contribution in [2.24, 2.45) is 5.73 Å². The summed E-state index contributed by atoms with van der Waals surface area (Å²) in [5, 5.41) is 0. The predicted octanol–water partition coefficient (Wildman–Crippen LogP) is 5.02. The predicted molar refractivity (Wildman–Crippen MR) is 143 cm³/mol. The van der Waals surface area contributed by atoms with Crippen molar-refractivity contribution in [1.82, 2.24) is 9.97 Å². The minimum atomic E-state index is -4.62. The molecule has 0 saturated heterocycles. The molecule has 182 valence electrons. The van der Waals surface area contributed by atoms with Crippen molar-refractivity contribution in [2.75, 3.05) is 13.2 Å². The zero-order chi connectivity index (χ0) is 24.9. The maximum Gasteiger partial charge on any atom is 0.469 e. The van der Waals surface area contributed by atoms with E-state index in [1.807, 2.05) is 65.1 Å². The molecule has 0 aliphatic rings. The molecule has 0 aliphatic carbocycles. The number of benzene rings is 3. The van der Waals surface area contributed by atoms with E-state index in [9.17, 15) is 4.57 Å². The Hall–Kier alpha value is -2.53. The lowest BCUT2D eigenvalue weighted by atomic mass is 10.0. The molecule has 4 aromatic rings. The summed E-state index contributed by atoms with van der Waals surface area (Å²) in [4.78, 5) is 25.1. The van der Waals surface area contributed by atoms with Gasteiger partial charge in [-0.25, -0.2) is 9.55 Å². The lowest BCUT2D eigenvalue weighted by Crippen LogP contribution is -2.35. The van der Waals surface area contributed by atoms with E-state index in [1.54, 1.807) is 6.20 Å². The number of alkyl halides is 1. The molecule has 5 N–H and O–H groups in total. The van der Waals surface area contributed by atoms with Crippen LogP contribution >= 0.6 is 30.4 Å². The molecule has 0 aliphatic heterocycles. The third kappa shape index (κ3) is 7.23. The topological polar surface area (TPSA) is 131 Å². The van der Waals surface area contributed by atoms with E-state index in [4.69, 9.17) is 20.3 Å². The van der Waals surface area contributed by atoms with Crippen LogP contribution in [0.3, 0.4) is 0 Å². The van der Waals surface area contributed by atoms with Crippen molar-refractivity contribution in [1.29, 1.82) is 0 Å². The van der Waals surface area contributed by atoms with Crippen molar-refractivity contribution >= 4 is 30.4 Å². The number of aromatic nitrogens is 2. The summed E-state index contributed by atoms with van der Waals surface area (Å²) in [5.41, 5.74) is 11.3. The smallest absolute Gasteiger partial charge is 0.469 e. The van der Waals surface area contributed by atoms with Gasteiger partial charge in [0.15, 0.2) is 3.55 Å². The third-order valence-electron chi connectivity index (χ3n) is 5.30. The van der Waals surface area contributed by atoms with Crippen LogP contribution in [0.1, 0.15) is 11.4 Å². The van der Waals surface area contributed by atoms with Crippen LogP contribution in [-0.4, -0.2) is 33.0 Å². The van der Waals surface area contributed by atoms with Crippen LogP contribution in [0, 0.1) is 0 Å². The number of ether oxygens (including phenoxy) is 1. The van der Waals surface area contributed by atoms with Gasteiger partial charge >= 0.3 is 7.82 Å². The molecule has 0 bridgehead atoms. The van der Waals surface area contributed by atoms with Gasteiger partial charge in [-0.2, -0.15) is 0 Å². The summed E-state index contributed by atoms with van der Waals surface area (Å²) in [6.07, 6.45) is 2.41. The molecule has 1 atom stereocenters. The fourth-order valence-corrected chi connectivity index (χ4v) is 4.49. The molecule has 1 aromatic heterocycles. The summed E-state index contributed by atoms with van der Waals surface area (Å²) in [7, 11) is -4.62. The van der Waals surface area contributed by atoms with Gasteiger partial charge in [-0.05, 0) is 46.5 Å². The number of hydrogen-bond donors (Lipinski definition) is 4. The van der Waals surface area contributed by atoms with E-state index >= 15 is 0 Å². The minimum absolute atomic E-state index is 0.347. The van der Waals surface area contributed by atoms with Crippen LogP contribution in [0.4, 0.5) is 0 Å². The minimum Gasteiger partial charge on any atom is -0.493 e. The maximum absolute atomic E-state index is 11.0. The Morgan fingerprint density at radius 1 is 0.943 bits per heavy atom. The van der Waals surface area contributed by atoms with E-state index in [-0.39, 0.29) is 0 Å². The van der Waals surface area contributed by atoms with Crippen LogP contribution in [0.5, 0.6) is 5.75 Å². The average Bonchev–Trinajstić information content (AvgIpc) is 3.35. The van der Waals surface area contributed by atoms with Gasteiger partial charge in [0, 0.05) is 6.42 Å². The largest absolute Gasteiger partial charge is 0.493 e. The Kier molecular flexibility index (Phi) is 8.05. The summed E-state index contributed by atoms with van der Waals surface area (Å²) >= 11 is 1.84. The summed E-state index contributed by atoms with van der Waals surface area (Å²) < 4.78 is 20.2. The number of aromatic amines is 1. The summed E-state index contributed by atoms with van der Waals surface area (Å²) in [6, 6.07) is 26.3. The SMILES string of the molecule is N[C@@](I)(COP(=O)(O)O)c1ncc(-c2ccc(OCCc3ccc(-c4ccccc4)cc3)cc2)[nH]1. The molecule has 8 nitrogen and oxygen atoms in total. The van der Waals surface area contributed by atoms with Gasteiger partial charge < -0.3 is 25.2 Å². The maximum atomic E-state index is 11.0. The lowest BCUT2D eigenvalue weighted by Gasteiger charge is -2.20. The molecule has 0 fully saturated rings. The number of hydrogen-bond acceptors (Lipinski definition) is 5. The quantitative estimate of drug-likeness (QED) is 0.0865. The second-order valence-corrected chi connectivity index (χ2v) is 11.1. The molecular formula is C25H25IN3O5P. The normalized spacial score (nSPS) is 13.4. The highest BCUT2D eigenvalue weighted by molar-refractivity contribution is 14.1. The van der Waals surface area contributed by atoms with Crippen LogP contribution in [-0.2, 0) is 19.1 Å². The fourth-order valence-electron chi connectivity index (χ4n) is 3.44. The van der Waals surface area contributed by atoms with E-state index in [1.165, 1.54) is 16.7 Å². The Morgan fingerprint density at radius 3 is 2.23 bits per heavy atom. The summed E-state index contributed by atoms with van der Waals surface area (Å²) in [6.45, 7) is 0.162. The van der Waals surface area contributed by atoms with Crippen LogP contribution in [0.2, 0.25) is 0 Å². The van der Waals surface area contributed by atoms with Crippen molar-refractivity contribution < 1.29 is 23.6 Å². The first-order chi connectivity index (χ1) is 16.7. The number of nitrogens with two attached hydrogens (primary N) is 1. The lowest BCUT2D eigenvalue weighted by molar-refractivity contribution is 0.181. The standard InChI is InChI=1S/C25H25IN3O5P/c26-25(27,17-34-35(30,31)32)24-28-16-23(29-24)21-10-12-22(13-11-21)33-15-14-18-6-8-20(9-7-18)19-4-2-1-3-5-19/h1-13,16H,14-15,17,27H2,(H,28,29)(H2,30,31,32)/t25-/m0/s1. The molecule has 0 spiro atoms. The van der Waals surface area contributed by atoms with E-state index in [0.717, 1.165) is 17.7 Å². The molecule has 35 heavy (non-hydrogen) atoms. The molecular weight excluding hydrogens is 580 g/mol. The van der Waals surface area contributed by atoms with Gasteiger partial charge in [0.1, 0.15) is 11.6 Å². The number of rotatable bonds is 10. The Bertz CT molecular complexity index is 1290. The highest BCUT2D eigenvalue weighted by atomic mass is 127. The van der Waals surface area contributed by atoms with Gasteiger partial charge in [0.25, 0.3) is 0 Å². The van der Waals surface area contributed by atoms with E-state index in [2.05, 4.69) is 50.9 Å². The summed E-state index contributed by atoms with van der Waals surface area (Å²) in [5.74, 6) is 1.10. The van der Waals surface area contributed by atoms with E-state index in [0.29, 0.717) is 18.1 Å². The number of nitrogens with one attached hydrogen (secondary N) is 1. The number of phosphoric ester groups is 1. The fraction of sp³-hybridized carbons (Fsp3) is 0.160. The van der Waals surface area contributed by atoms with Crippen molar-refractivity contribution in [3.63, 3.8) is 0 Å². The molecule has 1 heterocycles. The van der Waals surface area contributed by atoms with Gasteiger partial charge in [0.2, 0.25) is 0 Å². The first-order valence-corrected chi connectivity index (χ1v) is 13.4. The molecule has 0 amide bonds. The highest BCUT2D eigenvalue weighted by Crippen LogP contribution is 2.39.